The zero-order valence-electron chi connectivity index (χ0n) is 18.0. The van der Waals surface area contributed by atoms with Crippen LogP contribution in [-0.4, -0.2) is 48.4 Å². The van der Waals surface area contributed by atoms with Crippen LogP contribution in [0.5, 0.6) is 0 Å². The van der Waals surface area contributed by atoms with E-state index in [0.29, 0.717) is 6.54 Å². The molecule has 0 radical (unpaired) electrons. The summed E-state index contributed by atoms with van der Waals surface area (Å²) in [5.74, 6) is 0.0999. The fourth-order valence-electron chi connectivity index (χ4n) is 4.29. The second-order valence-electron chi connectivity index (χ2n) is 8.02. The average Bonchev–Trinajstić information content (AvgIpc) is 3.18. The van der Waals surface area contributed by atoms with E-state index in [4.69, 9.17) is 0 Å². The summed E-state index contributed by atoms with van der Waals surface area (Å²) in [5.41, 5.74) is 4.88. The fourth-order valence-corrected chi connectivity index (χ4v) is 5.24. The number of aryl methyl sites for hydroxylation is 2. The van der Waals surface area contributed by atoms with Crippen LogP contribution < -0.4 is 5.32 Å². The Morgan fingerprint density at radius 2 is 1.57 bits per heavy atom. The zero-order valence-corrected chi connectivity index (χ0v) is 18.8. The average molecular weight is 422 g/mol. The molecule has 1 aliphatic rings. The molecule has 1 saturated heterocycles. The Kier molecular flexibility index (Phi) is 6.82. The Bertz CT molecular complexity index is 982. The van der Waals surface area contributed by atoms with Crippen LogP contribution in [0, 0.1) is 0 Å². The van der Waals surface area contributed by atoms with Gasteiger partial charge < -0.3 is 5.32 Å². The molecule has 1 aliphatic heterocycles. The number of carbonyl (C=O) groups is 1. The molecule has 5 heteroatoms. The number of rotatable bonds is 7. The SMILES string of the molecule is CCc1cccc(CC)c1NC(=O)CN1CCN(Cc2csc3ccccc23)CC1. The van der Waals surface area contributed by atoms with Crippen molar-refractivity contribution in [3.05, 3.63) is 64.5 Å². The molecule has 30 heavy (non-hydrogen) atoms. The topological polar surface area (TPSA) is 35.6 Å². The number of hydrogen-bond acceptors (Lipinski definition) is 4. The maximum absolute atomic E-state index is 12.7. The van der Waals surface area contributed by atoms with Gasteiger partial charge in [-0.15, -0.1) is 11.3 Å². The van der Waals surface area contributed by atoms with Gasteiger partial charge >= 0.3 is 0 Å². The van der Waals surface area contributed by atoms with Crippen molar-refractivity contribution in [1.82, 2.24) is 9.80 Å². The molecule has 2 aromatic carbocycles. The number of anilines is 1. The van der Waals surface area contributed by atoms with Gasteiger partial charge in [0.1, 0.15) is 0 Å². The minimum absolute atomic E-state index is 0.0999. The molecular formula is C25H31N3OS. The highest BCUT2D eigenvalue weighted by Gasteiger charge is 2.20. The molecule has 3 aromatic rings. The fraction of sp³-hybridized carbons (Fsp3) is 0.400. The Morgan fingerprint density at radius 1 is 0.900 bits per heavy atom. The van der Waals surface area contributed by atoms with Crippen LogP contribution in [0.15, 0.2) is 47.8 Å². The quantitative estimate of drug-likeness (QED) is 0.596. The number of benzene rings is 2. The Hall–Kier alpha value is -2.21. The number of hydrogen-bond donors (Lipinski definition) is 1. The van der Waals surface area contributed by atoms with Crippen LogP contribution in [-0.2, 0) is 24.2 Å². The van der Waals surface area contributed by atoms with Gasteiger partial charge in [0.2, 0.25) is 5.91 Å². The van der Waals surface area contributed by atoms with Crippen LogP contribution in [0.25, 0.3) is 10.1 Å². The summed E-state index contributed by atoms with van der Waals surface area (Å²) in [5, 5.41) is 6.88. The molecule has 1 amide bonds. The zero-order chi connectivity index (χ0) is 20.9. The third-order valence-corrected chi connectivity index (χ3v) is 7.06. The van der Waals surface area contributed by atoms with Crippen molar-refractivity contribution in [1.29, 1.82) is 0 Å². The summed E-state index contributed by atoms with van der Waals surface area (Å²) in [7, 11) is 0. The van der Waals surface area contributed by atoms with E-state index in [-0.39, 0.29) is 5.91 Å². The second-order valence-corrected chi connectivity index (χ2v) is 8.93. The second kappa shape index (κ2) is 9.73. The summed E-state index contributed by atoms with van der Waals surface area (Å²) < 4.78 is 1.36. The standard InChI is InChI=1S/C25H31N3OS/c1-3-19-8-7-9-20(4-2)25(19)26-24(29)17-28-14-12-27(13-15-28)16-21-18-30-23-11-6-5-10-22(21)23/h5-11,18H,3-4,12-17H2,1-2H3,(H,26,29). The van der Waals surface area contributed by atoms with Gasteiger partial charge in [0.25, 0.3) is 0 Å². The van der Waals surface area contributed by atoms with Gasteiger partial charge in [0.15, 0.2) is 0 Å². The largest absolute Gasteiger partial charge is 0.324 e. The molecule has 158 valence electrons. The number of para-hydroxylation sites is 1. The number of fused-ring (bicyclic) bond motifs is 1. The van der Waals surface area contributed by atoms with Crippen molar-refractivity contribution in [2.24, 2.45) is 0 Å². The first-order valence-electron chi connectivity index (χ1n) is 11.0. The summed E-state index contributed by atoms with van der Waals surface area (Å²) in [4.78, 5) is 17.5. The van der Waals surface area contributed by atoms with E-state index in [1.807, 2.05) is 11.3 Å². The normalized spacial score (nSPS) is 15.5. The van der Waals surface area contributed by atoms with E-state index in [1.54, 1.807) is 0 Å². The summed E-state index contributed by atoms with van der Waals surface area (Å²) >= 11 is 1.83. The molecule has 0 saturated carbocycles. The summed E-state index contributed by atoms with van der Waals surface area (Å²) in [6, 6.07) is 15.0. The Labute approximate surface area is 183 Å². The molecular weight excluding hydrogens is 390 g/mol. The highest BCUT2D eigenvalue weighted by Crippen LogP contribution is 2.27. The number of amides is 1. The number of carbonyl (C=O) groups excluding carboxylic acids is 1. The van der Waals surface area contributed by atoms with Gasteiger partial charge in [0, 0.05) is 43.1 Å². The molecule has 4 rings (SSSR count). The molecule has 0 unspecified atom stereocenters. The molecule has 4 nitrogen and oxygen atoms in total. The highest BCUT2D eigenvalue weighted by molar-refractivity contribution is 7.17. The predicted molar refractivity (Wildman–Crippen MR) is 127 cm³/mol. The molecule has 0 atom stereocenters. The number of piperazine rings is 1. The number of nitrogens with zero attached hydrogens (tertiary/aromatic N) is 2. The van der Waals surface area contributed by atoms with Gasteiger partial charge in [-0.25, -0.2) is 0 Å². The van der Waals surface area contributed by atoms with Crippen molar-refractivity contribution in [2.45, 2.75) is 33.2 Å². The van der Waals surface area contributed by atoms with E-state index in [0.717, 1.165) is 51.3 Å². The lowest BCUT2D eigenvalue weighted by atomic mass is 10.0. The molecule has 0 bridgehead atoms. The smallest absolute Gasteiger partial charge is 0.238 e. The first kappa shape index (κ1) is 21.0. The van der Waals surface area contributed by atoms with Gasteiger partial charge in [-0.05, 0) is 46.4 Å². The van der Waals surface area contributed by atoms with Crippen molar-refractivity contribution in [3.8, 4) is 0 Å². The predicted octanol–water partition coefficient (Wildman–Crippen LogP) is 4.78. The molecule has 0 spiro atoms. The van der Waals surface area contributed by atoms with E-state index in [9.17, 15) is 4.79 Å². The summed E-state index contributed by atoms with van der Waals surface area (Å²) in [6.45, 7) is 9.62. The summed E-state index contributed by atoms with van der Waals surface area (Å²) in [6.07, 6.45) is 1.86. The number of thiophene rings is 1. The van der Waals surface area contributed by atoms with Crippen molar-refractivity contribution in [3.63, 3.8) is 0 Å². The number of nitrogens with one attached hydrogen (secondary N) is 1. The third kappa shape index (κ3) is 4.75. The third-order valence-electron chi connectivity index (χ3n) is 6.05. The van der Waals surface area contributed by atoms with E-state index >= 15 is 0 Å². The van der Waals surface area contributed by atoms with E-state index in [2.05, 4.69) is 76.8 Å². The van der Waals surface area contributed by atoms with E-state index < -0.39 is 0 Å². The van der Waals surface area contributed by atoms with Crippen LogP contribution >= 0.6 is 11.3 Å². The molecule has 0 aliphatic carbocycles. The highest BCUT2D eigenvalue weighted by atomic mass is 32.1. The molecule has 1 aromatic heterocycles. The maximum Gasteiger partial charge on any atom is 0.238 e. The minimum atomic E-state index is 0.0999. The molecule has 1 N–H and O–H groups in total. The van der Waals surface area contributed by atoms with Crippen LogP contribution in [0.2, 0.25) is 0 Å². The lowest BCUT2D eigenvalue weighted by molar-refractivity contribution is -0.117. The first-order valence-corrected chi connectivity index (χ1v) is 11.9. The lowest BCUT2D eigenvalue weighted by Gasteiger charge is -2.34. The van der Waals surface area contributed by atoms with Gasteiger partial charge in [-0.3, -0.25) is 14.6 Å². The minimum Gasteiger partial charge on any atom is -0.324 e. The van der Waals surface area contributed by atoms with Crippen molar-refractivity contribution in [2.75, 3.05) is 38.0 Å². The molecule has 1 fully saturated rings. The van der Waals surface area contributed by atoms with Gasteiger partial charge in [-0.1, -0.05) is 50.2 Å². The van der Waals surface area contributed by atoms with Crippen molar-refractivity contribution < 1.29 is 4.79 Å². The van der Waals surface area contributed by atoms with Gasteiger partial charge in [-0.2, -0.15) is 0 Å². The molecule has 2 heterocycles. The van der Waals surface area contributed by atoms with E-state index in [1.165, 1.54) is 26.8 Å². The Morgan fingerprint density at radius 3 is 2.27 bits per heavy atom. The van der Waals surface area contributed by atoms with Gasteiger partial charge in [0.05, 0.1) is 6.54 Å². The van der Waals surface area contributed by atoms with Crippen molar-refractivity contribution >= 4 is 33.0 Å². The Balaban J connectivity index is 1.30. The first-order chi connectivity index (χ1) is 14.7. The monoisotopic (exact) mass is 421 g/mol. The lowest BCUT2D eigenvalue weighted by Crippen LogP contribution is -2.48. The van der Waals surface area contributed by atoms with Crippen LogP contribution in [0.1, 0.15) is 30.5 Å². The maximum atomic E-state index is 12.7. The van der Waals surface area contributed by atoms with Crippen LogP contribution in [0.4, 0.5) is 5.69 Å². The van der Waals surface area contributed by atoms with Crippen LogP contribution in [0.3, 0.4) is 0 Å².